The number of aliphatic carboxylic acids is 1. The number of carboxylic acid groups (broad SMARTS) is 1. The Morgan fingerprint density at radius 3 is 2.50 bits per heavy atom. The molecule has 0 aliphatic carbocycles. The molecule has 0 fully saturated rings. The highest BCUT2D eigenvalue weighted by molar-refractivity contribution is 5.71. The number of carbonyl (C=O) groups is 2. The van der Waals surface area contributed by atoms with Crippen LogP contribution in [0.2, 0.25) is 0 Å². The molecule has 0 aliphatic rings. The van der Waals surface area contributed by atoms with Gasteiger partial charge in [0.1, 0.15) is 0 Å². The minimum absolute atomic E-state index is 0.241. The van der Waals surface area contributed by atoms with Crippen LogP contribution in [-0.2, 0) is 16.0 Å². The summed E-state index contributed by atoms with van der Waals surface area (Å²) >= 11 is 0. The number of aryl methyl sites for hydroxylation is 1. The molecule has 1 amide bonds. The van der Waals surface area contributed by atoms with Crippen LogP contribution in [0, 0.1) is 5.92 Å². The van der Waals surface area contributed by atoms with Crippen LogP contribution in [0.3, 0.4) is 0 Å². The maximum Gasteiger partial charge on any atom is 0.308 e. The highest BCUT2D eigenvalue weighted by Crippen LogP contribution is 2.18. The zero-order valence-electron chi connectivity index (χ0n) is 11.6. The van der Waals surface area contributed by atoms with Crippen LogP contribution in [0.1, 0.15) is 31.7 Å². The number of hydrogen-bond donors (Lipinski definition) is 2. The van der Waals surface area contributed by atoms with Crippen LogP contribution >= 0.6 is 0 Å². The SMILES string of the molecule is CC(C(CCCCc1ccccc1)C(=O)O)N(O)C=O. The van der Waals surface area contributed by atoms with E-state index in [1.54, 1.807) is 0 Å². The van der Waals surface area contributed by atoms with Gasteiger partial charge in [0.05, 0.1) is 12.0 Å². The number of benzene rings is 1. The average molecular weight is 279 g/mol. The second kappa shape index (κ2) is 8.32. The van der Waals surface area contributed by atoms with E-state index in [2.05, 4.69) is 0 Å². The minimum atomic E-state index is -0.988. The van der Waals surface area contributed by atoms with Crippen LogP contribution in [0.5, 0.6) is 0 Å². The molecule has 0 saturated carbocycles. The Balaban J connectivity index is 2.40. The van der Waals surface area contributed by atoms with Crippen molar-refractivity contribution in [3.63, 3.8) is 0 Å². The lowest BCUT2D eigenvalue weighted by molar-refractivity contribution is -0.170. The average Bonchev–Trinajstić information content (AvgIpc) is 2.46. The summed E-state index contributed by atoms with van der Waals surface area (Å²) in [5.74, 6) is -1.74. The van der Waals surface area contributed by atoms with E-state index in [-0.39, 0.29) is 6.41 Å². The van der Waals surface area contributed by atoms with Gasteiger partial charge in [-0.2, -0.15) is 0 Å². The van der Waals surface area contributed by atoms with Crippen molar-refractivity contribution in [2.45, 2.75) is 38.6 Å². The van der Waals surface area contributed by atoms with E-state index >= 15 is 0 Å². The van der Waals surface area contributed by atoms with Crippen molar-refractivity contribution >= 4 is 12.4 Å². The third kappa shape index (κ3) is 5.01. The van der Waals surface area contributed by atoms with E-state index < -0.39 is 17.9 Å². The first-order valence-electron chi connectivity index (χ1n) is 6.75. The van der Waals surface area contributed by atoms with Crippen LogP contribution < -0.4 is 0 Å². The summed E-state index contributed by atoms with van der Waals surface area (Å²) in [6, 6.07) is 9.27. The molecule has 5 heteroatoms. The van der Waals surface area contributed by atoms with Crippen molar-refractivity contribution < 1.29 is 19.9 Å². The maximum atomic E-state index is 11.2. The number of nitrogens with zero attached hydrogens (tertiary/aromatic N) is 1. The van der Waals surface area contributed by atoms with Gasteiger partial charge in [-0.3, -0.25) is 14.8 Å². The quantitative estimate of drug-likeness (QED) is 0.315. The van der Waals surface area contributed by atoms with Gasteiger partial charge in [0.15, 0.2) is 0 Å². The van der Waals surface area contributed by atoms with Crippen molar-refractivity contribution in [2.75, 3.05) is 0 Å². The van der Waals surface area contributed by atoms with Crippen molar-refractivity contribution in [2.24, 2.45) is 5.92 Å². The monoisotopic (exact) mass is 279 g/mol. The smallest absolute Gasteiger partial charge is 0.308 e. The largest absolute Gasteiger partial charge is 0.481 e. The van der Waals surface area contributed by atoms with Gasteiger partial charge in [-0.05, 0) is 31.7 Å². The highest BCUT2D eigenvalue weighted by atomic mass is 16.5. The molecule has 0 bridgehead atoms. The Morgan fingerprint density at radius 2 is 1.95 bits per heavy atom. The summed E-state index contributed by atoms with van der Waals surface area (Å²) in [5.41, 5.74) is 1.23. The Hall–Kier alpha value is -1.88. The zero-order chi connectivity index (χ0) is 15.0. The molecule has 0 saturated heterocycles. The van der Waals surface area contributed by atoms with Crippen molar-refractivity contribution in [3.05, 3.63) is 35.9 Å². The second-order valence-corrected chi connectivity index (χ2v) is 4.90. The zero-order valence-corrected chi connectivity index (χ0v) is 11.6. The van der Waals surface area contributed by atoms with Gasteiger partial charge < -0.3 is 5.11 Å². The van der Waals surface area contributed by atoms with Gasteiger partial charge in [-0.1, -0.05) is 36.8 Å². The van der Waals surface area contributed by atoms with E-state index in [4.69, 9.17) is 5.11 Å². The Labute approximate surface area is 118 Å². The highest BCUT2D eigenvalue weighted by Gasteiger charge is 2.27. The molecule has 2 atom stereocenters. The molecule has 1 aromatic carbocycles. The first kappa shape index (κ1) is 16.2. The second-order valence-electron chi connectivity index (χ2n) is 4.90. The van der Waals surface area contributed by atoms with Gasteiger partial charge in [0.25, 0.3) is 0 Å². The maximum absolute atomic E-state index is 11.2. The Morgan fingerprint density at radius 1 is 1.30 bits per heavy atom. The number of carbonyl (C=O) groups excluding carboxylic acids is 1. The normalized spacial score (nSPS) is 13.5. The summed E-state index contributed by atoms with van der Waals surface area (Å²) in [4.78, 5) is 21.6. The summed E-state index contributed by atoms with van der Waals surface area (Å²) in [6.07, 6.45) is 3.20. The molecule has 1 aromatic rings. The van der Waals surface area contributed by atoms with Crippen LogP contribution in [0.25, 0.3) is 0 Å². The molecule has 2 unspecified atom stereocenters. The fourth-order valence-electron chi connectivity index (χ4n) is 2.19. The summed E-state index contributed by atoms with van der Waals surface area (Å²) < 4.78 is 0. The predicted octanol–water partition coefficient (Wildman–Crippen LogP) is 2.34. The van der Waals surface area contributed by atoms with Crippen molar-refractivity contribution in [3.8, 4) is 0 Å². The first-order chi connectivity index (χ1) is 9.56. The van der Waals surface area contributed by atoms with E-state index in [0.717, 1.165) is 19.3 Å². The van der Waals surface area contributed by atoms with E-state index in [1.165, 1.54) is 12.5 Å². The number of hydroxylamine groups is 2. The van der Waals surface area contributed by atoms with Crippen LogP contribution in [0.15, 0.2) is 30.3 Å². The molecule has 5 nitrogen and oxygen atoms in total. The predicted molar refractivity (Wildman–Crippen MR) is 74.3 cm³/mol. The standard InChI is InChI=1S/C15H21NO4/c1-12(16(20)11-17)14(15(18)19)10-6-5-9-13-7-3-2-4-8-13/h2-4,7-8,11-12,14,20H,5-6,9-10H2,1H3,(H,18,19). The van der Waals surface area contributed by atoms with Gasteiger partial charge in [-0.25, -0.2) is 5.06 Å². The van der Waals surface area contributed by atoms with Crippen molar-refractivity contribution in [1.29, 1.82) is 0 Å². The lowest BCUT2D eigenvalue weighted by Crippen LogP contribution is -2.39. The summed E-state index contributed by atoms with van der Waals surface area (Å²) in [7, 11) is 0. The molecule has 0 aromatic heterocycles. The summed E-state index contributed by atoms with van der Waals surface area (Å²) in [6.45, 7) is 1.53. The molecule has 1 rings (SSSR count). The lowest BCUT2D eigenvalue weighted by Gasteiger charge is -2.24. The number of amides is 1. The topological polar surface area (TPSA) is 77.8 Å². The van der Waals surface area contributed by atoms with Crippen LogP contribution in [-0.4, -0.2) is 33.8 Å². The Kier molecular flexibility index (Phi) is 6.73. The molecule has 2 N–H and O–H groups in total. The van der Waals surface area contributed by atoms with Gasteiger partial charge in [-0.15, -0.1) is 0 Å². The molecule has 0 radical (unpaired) electrons. The first-order valence-corrected chi connectivity index (χ1v) is 6.75. The van der Waals surface area contributed by atoms with E-state index in [0.29, 0.717) is 11.5 Å². The molecule has 110 valence electrons. The molecular weight excluding hydrogens is 258 g/mol. The summed E-state index contributed by atoms with van der Waals surface area (Å²) in [5, 5.41) is 18.9. The van der Waals surface area contributed by atoms with E-state index in [1.807, 2.05) is 30.3 Å². The fraction of sp³-hybridized carbons (Fsp3) is 0.467. The Bertz CT molecular complexity index is 421. The van der Waals surface area contributed by atoms with Gasteiger partial charge in [0, 0.05) is 0 Å². The number of rotatable bonds is 9. The van der Waals surface area contributed by atoms with Crippen molar-refractivity contribution in [1.82, 2.24) is 5.06 Å². The lowest BCUT2D eigenvalue weighted by atomic mass is 9.93. The number of carboxylic acids is 1. The van der Waals surface area contributed by atoms with Gasteiger partial charge in [0.2, 0.25) is 6.41 Å². The molecule has 0 aliphatic heterocycles. The third-order valence-electron chi connectivity index (χ3n) is 3.50. The number of unbranched alkanes of at least 4 members (excludes halogenated alkanes) is 1. The van der Waals surface area contributed by atoms with E-state index in [9.17, 15) is 14.8 Å². The third-order valence-corrected chi connectivity index (χ3v) is 3.50. The molecule has 0 heterocycles. The number of hydrogen-bond acceptors (Lipinski definition) is 3. The minimum Gasteiger partial charge on any atom is -0.481 e. The fourth-order valence-corrected chi connectivity index (χ4v) is 2.19. The van der Waals surface area contributed by atoms with Gasteiger partial charge >= 0.3 is 5.97 Å². The molecule has 20 heavy (non-hydrogen) atoms. The molecule has 0 spiro atoms. The molecular formula is C15H21NO4. The van der Waals surface area contributed by atoms with Crippen LogP contribution in [0.4, 0.5) is 0 Å².